The molecule has 1 aromatic rings. The molecule has 1 heterocycles. The zero-order valence-electron chi connectivity index (χ0n) is 15.1. The summed E-state index contributed by atoms with van der Waals surface area (Å²) in [5.74, 6) is -2.55. The smallest absolute Gasteiger partial charge is 0.326 e. The number of hydrogen-bond acceptors (Lipinski definition) is 6. The number of rotatable bonds is 9. The third-order valence-electron chi connectivity index (χ3n) is 4.22. The van der Waals surface area contributed by atoms with Crippen LogP contribution in [0.25, 0.3) is 0 Å². The quantitative estimate of drug-likeness (QED) is 0.631. The van der Waals surface area contributed by atoms with Crippen molar-refractivity contribution in [2.24, 2.45) is 0 Å². The van der Waals surface area contributed by atoms with Crippen LogP contribution in [-0.2, 0) is 19.6 Å². The molecule has 9 nitrogen and oxygen atoms in total. The molecule has 148 valence electrons. The Balaban J connectivity index is 2.27. The van der Waals surface area contributed by atoms with Gasteiger partial charge in [0.1, 0.15) is 10.9 Å². The number of ether oxygens (including phenoxy) is 1. The highest BCUT2D eigenvalue weighted by molar-refractivity contribution is 7.90. The lowest BCUT2D eigenvalue weighted by Gasteiger charge is -2.14. The molecule has 2 rings (SSSR count). The summed E-state index contributed by atoms with van der Waals surface area (Å²) in [6.45, 7) is 1.81. The molecule has 10 heteroatoms. The Kier molecular flexibility index (Phi) is 6.55. The molecule has 1 aromatic carbocycles. The van der Waals surface area contributed by atoms with Gasteiger partial charge < -0.3 is 15.2 Å². The van der Waals surface area contributed by atoms with Crippen LogP contribution in [0.4, 0.5) is 0 Å². The van der Waals surface area contributed by atoms with Gasteiger partial charge in [0, 0.05) is 12.7 Å². The Hall–Kier alpha value is -2.46. The van der Waals surface area contributed by atoms with E-state index in [0.29, 0.717) is 10.7 Å². The molecule has 0 saturated heterocycles. The minimum Gasteiger partial charge on any atom is -0.480 e. The number of carboxylic acid groups (broad SMARTS) is 1. The van der Waals surface area contributed by atoms with Crippen LogP contribution in [0.2, 0.25) is 0 Å². The largest absolute Gasteiger partial charge is 0.480 e. The van der Waals surface area contributed by atoms with Crippen LogP contribution in [0.3, 0.4) is 0 Å². The molecule has 0 saturated carbocycles. The van der Waals surface area contributed by atoms with Gasteiger partial charge in [0.2, 0.25) is 0 Å². The Morgan fingerprint density at radius 2 is 2.04 bits per heavy atom. The van der Waals surface area contributed by atoms with Crippen molar-refractivity contribution in [3.05, 3.63) is 29.3 Å². The zero-order valence-corrected chi connectivity index (χ0v) is 15.9. The number of carbonyl (C=O) groups excluding carboxylic acids is 2. The van der Waals surface area contributed by atoms with Crippen molar-refractivity contribution < 1.29 is 32.6 Å². The summed E-state index contributed by atoms with van der Waals surface area (Å²) in [6, 6.07) is 2.60. The van der Waals surface area contributed by atoms with E-state index < -0.39 is 33.8 Å². The molecule has 0 aromatic heterocycles. The number of nitrogens with one attached hydrogen (secondary N) is 1. The van der Waals surface area contributed by atoms with Crippen LogP contribution in [0, 0.1) is 0 Å². The van der Waals surface area contributed by atoms with Crippen LogP contribution < -0.4 is 5.32 Å². The molecular weight excluding hydrogens is 376 g/mol. The fourth-order valence-corrected chi connectivity index (χ4v) is 4.30. The number of sulfonamides is 1. The number of carboxylic acids is 1. The van der Waals surface area contributed by atoms with Gasteiger partial charge in [-0.1, -0.05) is 19.8 Å². The van der Waals surface area contributed by atoms with E-state index in [1.54, 1.807) is 0 Å². The molecule has 1 aliphatic heterocycles. The minimum absolute atomic E-state index is 0.0246. The number of fused-ring (bicyclic) bond motifs is 1. The lowest BCUT2D eigenvalue weighted by Crippen LogP contribution is -2.40. The molecule has 0 spiro atoms. The summed E-state index contributed by atoms with van der Waals surface area (Å²) in [5.41, 5.74) is -0.0510. The van der Waals surface area contributed by atoms with E-state index in [9.17, 15) is 27.9 Å². The summed E-state index contributed by atoms with van der Waals surface area (Å²) in [4.78, 5) is 35.7. The Labute approximate surface area is 157 Å². The minimum atomic E-state index is -4.08. The standard InChI is InChI=1S/C17H22N2O7S/c1-3-4-5-13(17(22)23)18-15(20)11-6-7-12-14(10-11)27(24,25)19(16(12)21)8-9-26-2/h6-7,10,13H,3-5,8-9H2,1-2H3,(H,18,20)(H,22,23)/t13-/m0/s1. The van der Waals surface area contributed by atoms with Crippen LogP contribution in [0.15, 0.2) is 23.1 Å². The third kappa shape index (κ3) is 4.28. The second-order valence-electron chi connectivity index (χ2n) is 6.09. The van der Waals surface area contributed by atoms with Crippen molar-refractivity contribution in [3.63, 3.8) is 0 Å². The molecular formula is C17H22N2O7S. The maximum Gasteiger partial charge on any atom is 0.326 e. The van der Waals surface area contributed by atoms with Crippen molar-refractivity contribution in [1.29, 1.82) is 0 Å². The van der Waals surface area contributed by atoms with E-state index in [0.717, 1.165) is 12.5 Å². The molecule has 0 fully saturated rings. The first kappa shape index (κ1) is 20.8. The van der Waals surface area contributed by atoms with Crippen molar-refractivity contribution in [2.75, 3.05) is 20.3 Å². The van der Waals surface area contributed by atoms with Crippen LogP contribution in [0.1, 0.15) is 46.9 Å². The van der Waals surface area contributed by atoms with Crippen molar-refractivity contribution in [1.82, 2.24) is 9.62 Å². The number of aliphatic carboxylic acids is 1. The maximum atomic E-state index is 12.6. The number of nitrogens with zero attached hydrogens (tertiary/aromatic N) is 1. The van der Waals surface area contributed by atoms with Gasteiger partial charge in [-0.2, -0.15) is 0 Å². The van der Waals surface area contributed by atoms with Gasteiger partial charge in [0.25, 0.3) is 21.8 Å². The molecule has 1 atom stereocenters. The van der Waals surface area contributed by atoms with Crippen LogP contribution in [-0.4, -0.2) is 61.9 Å². The first-order valence-electron chi connectivity index (χ1n) is 8.47. The number of methoxy groups -OCH3 is 1. The number of carbonyl (C=O) groups is 3. The van der Waals surface area contributed by atoms with E-state index >= 15 is 0 Å². The number of amides is 2. The predicted octanol–water partition coefficient (Wildman–Crippen LogP) is 0.851. The van der Waals surface area contributed by atoms with Gasteiger partial charge in [-0.15, -0.1) is 0 Å². The van der Waals surface area contributed by atoms with E-state index in [2.05, 4.69) is 5.32 Å². The lowest BCUT2D eigenvalue weighted by molar-refractivity contribution is -0.139. The summed E-state index contributed by atoms with van der Waals surface area (Å²) >= 11 is 0. The van der Waals surface area contributed by atoms with Crippen LogP contribution >= 0.6 is 0 Å². The SMILES string of the molecule is CCCC[C@H](NC(=O)c1ccc2c(c1)S(=O)(=O)N(CCOC)C2=O)C(=O)O. The zero-order chi connectivity index (χ0) is 20.2. The molecule has 2 N–H and O–H groups in total. The first-order valence-corrected chi connectivity index (χ1v) is 9.91. The van der Waals surface area contributed by atoms with Gasteiger partial charge in [0.05, 0.1) is 18.7 Å². The van der Waals surface area contributed by atoms with E-state index in [-0.39, 0.29) is 35.6 Å². The maximum absolute atomic E-state index is 12.6. The summed E-state index contributed by atoms with van der Waals surface area (Å²) in [5, 5.41) is 11.6. The van der Waals surface area contributed by atoms with Crippen molar-refractivity contribution in [3.8, 4) is 0 Å². The normalized spacial score (nSPS) is 16.1. The first-order chi connectivity index (χ1) is 12.7. The summed E-state index contributed by atoms with van der Waals surface area (Å²) in [6.07, 6.45) is 1.67. The fraction of sp³-hybridized carbons (Fsp3) is 0.471. The average Bonchev–Trinajstić information content (AvgIpc) is 2.82. The second-order valence-corrected chi connectivity index (χ2v) is 7.92. The van der Waals surface area contributed by atoms with Crippen molar-refractivity contribution in [2.45, 2.75) is 37.1 Å². The topological polar surface area (TPSA) is 130 Å². The number of hydrogen-bond donors (Lipinski definition) is 2. The van der Waals surface area contributed by atoms with E-state index in [1.165, 1.54) is 19.2 Å². The molecule has 0 radical (unpaired) electrons. The molecule has 0 bridgehead atoms. The molecule has 27 heavy (non-hydrogen) atoms. The van der Waals surface area contributed by atoms with Crippen LogP contribution in [0.5, 0.6) is 0 Å². The second kappa shape index (κ2) is 8.49. The predicted molar refractivity (Wildman–Crippen MR) is 95.0 cm³/mol. The number of benzene rings is 1. The van der Waals surface area contributed by atoms with Gasteiger partial charge in [-0.05, 0) is 24.6 Å². The molecule has 1 aliphatic rings. The molecule has 0 aliphatic carbocycles. The average molecular weight is 398 g/mol. The van der Waals surface area contributed by atoms with Gasteiger partial charge in [0.15, 0.2) is 0 Å². The van der Waals surface area contributed by atoms with E-state index in [4.69, 9.17) is 4.74 Å². The van der Waals surface area contributed by atoms with Gasteiger partial charge in [-0.25, -0.2) is 17.5 Å². The van der Waals surface area contributed by atoms with Gasteiger partial charge >= 0.3 is 5.97 Å². The molecule has 2 amide bonds. The number of unbranched alkanes of at least 4 members (excludes halogenated alkanes) is 1. The Bertz CT molecular complexity index is 851. The highest BCUT2D eigenvalue weighted by Crippen LogP contribution is 2.30. The third-order valence-corrected chi connectivity index (χ3v) is 6.04. The summed E-state index contributed by atoms with van der Waals surface area (Å²) < 4.78 is 30.7. The highest BCUT2D eigenvalue weighted by Gasteiger charge is 2.41. The Morgan fingerprint density at radius 1 is 1.33 bits per heavy atom. The monoisotopic (exact) mass is 398 g/mol. The highest BCUT2D eigenvalue weighted by atomic mass is 32.2. The summed E-state index contributed by atoms with van der Waals surface area (Å²) in [7, 11) is -2.69. The van der Waals surface area contributed by atoms with Gasteiger partial charge in [-0.3, -0.25) is 9.59 Å². The lowest BCUT2D eigenvalue weighted by atomic mass is 10.1. The fourth-order valence-electron chi connectivity index (χ4n) is 2.72. The molecule has 0 unspecified atom stereocenters. The van der Waals surface area contributed by atoms with Crippen molar-refractivity contribution >= 4 is 27.8 Å². The van der Waals surface area contributed by atoms with E-state index in [1.807, 2.05) is 6.92 Å². The Morgan fingerprint density at radius 3 is 2.63 bits per heavy atom.